The van der Waals surface area contributed by atoms with Gasteiger partial charge in [-0.25, -0.2) is 4.98 Å². The van der Waals surface area contributed by atoms with Gasteiger partial charge in [-0.2, -0.15) is 0 Å². The molecule has 0 aliphatic rings. The Labute approximate surface area is 125 Å². The number of hydrogen-bond acceptors (Lipinski definition) is 5. The summed E-state index contributed by atoms with van der Waals surface area (Å²) < 4.78 is 5.73. The van der Waals surface area contributed by atoms with Crippen molar-refractivity contribution < 1.29 is 4.42 Å². The third-order valence-corrected chi connectivity index (χ3v) is 4.72. The first-order valence-electron chi connectivity index (χ1n) is 6.21. The Morgan fingerprint density at radius 3 is 2.95 bits per heavy atom. The van der Waals surface area contributed by atoms with Crippen molar-refractivity contribution in [2.45, 2.75) is 17.6 Å². The maximum atomic E-state index is 5.78. The van der Waals surface area contributed by atoms with E-state index in [-0.39, 0.29) is 0 Å². The van der Waals surface area contributed by atoms with Crippen molar-refractivity contribution in [3.63, 3.8) is 0 Å². The van der Waals surface area contributed by atoms with Gasteiger partial charge in [0.1, 0.15) is 5.76 Å². The summed E-state index contributed by atoms with van der Waals surface area (Å²) >= 11 is 3.35. The minimum Gasteiger partial charge on any atom is -0.440 e. The van der Waals surface area contributed by atoms with E-state index >= 15 is 0 Å². The lowest BCUT2D eigenvalue weighted by Gasteiger charge is -2.00. The van der Waals surface area contributed by atoms with Crippen LogP contribution in [0.4, 0.5) is 5.69 Å². The van der Waals surface area contributed by atoms with E-state index < -0.39 is 0 Å². The van der Waals surface area contributed by atoms with Gasteiger partial charge in [-0.05, 0) is 36.6 Å². The number of thiophene rings is 1. The molecule has 0 aliphatic carbocycles. The fourth-order valence-electron chi connectivity index (χ4n) is 1.82. The van der Waals surface area contributed by atoms with Crippen LogP contribution in [0.2, 0.25) is 0 Å². The summed E-state index contributed by atoms with van der Waals surface area (Å²) in [5, 5.41) is 2.02. The van der Waals surface area contributed by atoms with E-state index in [0.717, 1.165) is 32.7 Å². The highest BCUT2D eigenvalue weighted by Gasteiger charge is 2.12. The average Bonchev–Trinajstić information content (AvgIpc) is 3.06. The van der Waals surface area contributed by atoms with Crippen LogP contribution in [0.25, 0.3) is 10.8 Å². The van der Waals surface area contributed by atoms with Crippen molar-refractivity contribution in [1.29, 1.82) is 0 Å². The zero-order valence-electron chi connectivity index (χ0n) is 11.0. The first-order valence-corrected chi connectivity index (χ1v) is 8.07. The third kappa shape index (κ3) is 2.89. The summed E-state index contributed by atoms with van der Waals surface area (Å²) in [6, 6.07) is 11.9. The smallest absolute Gasteiger partial charge is 0.236 e. The molecule has 3 aromatic rings. The lowest BCUT2D eigenvalue weighted by Crippen LogP contribution is -1.86. The van der Waals surface area contributed by atoms with Gasteiger partial charge in [0.05, 0.1) is 10.6 Å². The maximum Gasteiger partial charge on any atom is 0.236 e. The summed E-state index contributed by atoms with van der Waals surface area (Å²) in [4.78, 5) is 6.79. The molecule has 0 bridgehead atoms. The normalized spacial score (nSPS) is 10.8. The molecule has 0 saturated carbocycles. The predicted octanol–water partition coefficient (Wildman–Crippen LogP) is 4.59. The standard InChI is InChI=1S/C15H14N2OS2/c1-10-13(9-20-12-5-2-4-11(16)8-12)17-15(18-10)14-6-3-7-19-14/h2-8H,9,16H2,1H3. The molecular weight excluding hydrogens is 288 g/mol. The molecule has 3 nitrogen and oxygen atoms in total. The fraction of sp³-hybridized carbons (Fsp3) is 0.133. The number of aryl methyl sites for hydroxylation is 1. The number of anilines is 1. The van der Waals surface area contributed by atoms with Crippen LogP contribution < -0.4 is 5.73 Å². The van der Waals surface area contributed by atoms with Crippen molar-refractivity contribution in [3.05, 3.63) is 53.2 Å². The molecule has 102 valence electrons. The van der Waals surface area contributed by atoms with Gasteiger partial charge in [-0.3, -0.25) is 0 Å². The van der Waals surface area contributed by atoms with E-state index in [1.165, 1.54) is 0 Å². The molecule has 0 atom stereocenters. The van der Waals surface area contributed by atoms with Gasteiger partial charge in [0, 0.05) is 16.3 Å². The second-order valence-corrected chi connectivity index (χ2v) is 6.36. The lowest BCUT2D eigenvalue weighted by atomic mass is 10.3. The minimum absolute atomic E-state index is 0.709. The number of rotatable bonds is 4. The Balaban J connectivity index is 1.75. The minimum atomic E-state index is 0.709. The number of oxazole rings is 1. The van der Waals surface area contributed by atoms with Crippen LogP contribution in [0.5, 0.6) is 0 Å². The second kappa shape index (κ2) is 5.73. The molecule has 0 amide bonds. The van der Waals surface area contributed by atoms with Gasteiger partial charge in [0.25, 0.3) is 0 Å². The van der Waals surface area contributed by atoms with Gasteiger partial charge >= 0.3 is 0 Å². The number of aromatic nitrogens is 1. The van der Waals surface area contributed by atoms with Gasteiger partial charge in [-0.1, -0.05) is 12.1 Å². The molecule has 0 spiro atoms. The average molecular weight is 302 g/mol. The molecule has 5 heteroatoms. The van der Waals surface area contributed by atoms with Crippen LogP contribution in [0.15, 0.2) is 51.1 Å². The summed E-state index contributed by atoms with van der Waals surface area (Å²) in [6.07, 6.45) is 0. The number of nitrogen functional groups attached to an aromatic ring is 1. The van der Waals surface area contributed by atoms with E-state index in [4.69, 9.17) is 10.2 Å². The van der Waals surface area contributed by atoms with Crippen molar-refractivity contribution >= 4 is 28.8 Å². The van der Waals surface area contributed by atoms with Crippen LogP contribution in [0.3, 0.4) is 0 Å². The first kappa shape index (κ1) is 13.3. The maximum absolute atomic E-state index is 5.78. The van der Waals surface area contributed by atoms with Crippen LogP contribution in [0, 0.1) is 6.92 Å². The number of nitrogens with zero attached hydrogens (tertiary/aromatic N) is 1. The molecule has 2 heterocycles. The molecule has 0 radical (unpaired) electrons. The molecular formula is C15H14N2OS2. The van der Waals surface area contributed by atoms with Crippen molar-refractivity contribution in [2.24, 2.45) is 0 Å². The topological polar surface area (TPSA) is 52.0 Å². The number of thioether (sulfide) groups is 1. The molecule has 20 heavy (non-hydrogen) atoms. The Bertz CT molecular complexity index is 704. The molecule has 0 aliphatic heterocycles. The van der Waals surface area contributed by atoms with Gasteiger partial charge in [0.15, 0.2) is 0 Å². The highest BCUT2D eigenvalue weighted by Crippen LogP contribution is 2.29. The Morgan fingerprint density at radius 2 is 2.20 bits per heavy atom. The zero-order valence-corrected chi connectivity index (χ0v) is 12.6. The molecule has 3 rings (SSSR count). The van der Waals surface area contributed by atoms with Crippen LogP contribution in [-0.2, 0) is 5.75 Å². The van der Waals surface area contributed by atoms with Crippen molar-refractivity contribution in [3.8, 4) is 10.8 Å². The van der Waals surface area contributed by atoms with E-state index in [9.17, 15) is 0 Å². The first-order chi connectivity index (χ1) is 9.72. The van der Waals surface area contributed by atoms with Crippen LogP contribution in [-0.4, -0.2) is 4.98 Å². The lowest BCUT2D eigenvalue weighted by molar-refractivity contribution is 0.542. The van der Waals surface area contributed by atoms with E-state index in [0.29, 0.717) is 5.89 Å². The Kier molecular flexibility index (Phi) is 3.80. The Morgan fingerprint density at radius 1 is 1.30 bits per heavy atom. The van der Waals surface area contributed by atoms with Crippen LogP contribution in [0.1, 0.15) is 11.5 Å². The fourth-order valence-corrected chi connectivity index (χ4v) is 3.44. The highest BCUT2D eigenvalue weighted by molar-refractivity contribution is 7.98. The summed E-state index contributed by atoms with van der Waals surface area (Å²) in [7, 11) is 0. The monoisotopic (exact) mass is 302 g/mol. The second-order valence-electron chi connectivity index (χ2n) is 4.36. The predicted molar refractivity (Wildman–Crippen MR) is 85.0 cm³/mol. The van der Waals surface area contributed by atoms with Crippen LogP contribution >= 0.6 is 23.1 Å². The summed E-state index contributed by atoms with van der Waals surface area (Å²) in [5.41, 5.74) is 7.55. The molecule has 0 fully saturated rings. The van der Waals surface area contributed by atoms with E-state index in [2.05, 4.69) is 11.1 Å². The summed E-state index contributed by atoms with van der Waals surface area (Å²) in [6.45, 7) is 1.96. The SMILES string of the molecule is Cc1oc(-c2cccs2)nc1CSc1cccc(N)c1. The largest absolute Gasteiger partial charge is 0.440 e. The molecule has 2 aromatic heterocycles. The van der Waals surface area contributed by atoms with Crippen molar-refractivity contribution in [2.75, 3.05) is 5.73 Å². The van der Waals surface area contributed by atoms with Gasteiger partial charge in [0.2, 0.25) is 5.89 Å². The highest BCUT2D eigenvalue weighted by atomic mass is 32.2. The molecule has 0 saturated heterocycles. The molecule has 0 unspecified atom stereocenters. The van der Waals surface area contributed by atoms with Gasteiger partial charge in [-0.15, -0.1) is 23.1 Å². The zero-order chi connectivity index (χ0) is 13.9. The van der Waals surface area contributed by atoms with Gasteiger partial charge < -0.3 is 10.2 Å². The van der Waals surface area contributed by atoms with E-state index in [1.807, 2.05) is 42.6 Å². The molecule has 2 N–H and O–H groups in total. The summed E-state index contributed by atoms with van der Waals surface area (Å²) in [5.74, 6) is 2.37. The van der Waals surface area contributed by atoms with E-state index in [1.54, 1.807) is 23.1 Å². The number of nitrogens with two attached hydrogens (primary N) is 1. The van der Waals surface area contributed by atoms with Crippen molar-refractivity contribution in [1.82, 2.24) is 4.98 Å². The number of benzene rings is 1. The Hall–Kier alpha value is -1.72. The third-order valence-electron chi connectivity index (χ3n) is 2.86. The molecule has 1 aromatic carbocycles. The number of hydrogen-bond donors (Lipinski definition) is 1. The quantitative estimate of drug-likeness (QED) is 0.566.